The molecule has 0 aromatic carbocycles. The summed E-state index contributed by atoms with van der Waals surface area (Å²) in [6.07, 6.45) is 4.40. The van der Waals surface area contributed by atoms with Gasteiger partial charge in [-0.2, -0.15) is 0 Å². The summed E-state index contributed by atoms with van der Waals surface area (Å²) in [5, 5.41) is 3.39. The SMILES string of the molecule is CC.Cc1nc(N2CCOCC2)c2nc(C=C3CCNCC3)n(C)c2n1. The second-order valence-corrected chi connectivity index (χ2v) is 6.45. The molecule has 2 fully saturated rings. The Morgan fingerprint density at radius 2 is 1.73 bits per heavy atom. The third-order valence-corrected chi connectivity index (χ3v) is 4.74. The van der Waals surface area contributed by atoms with E-state index in [0.29, 0.717) is 0 Å². The van der Waals surface area contributed by atoms with Crippen LogP contribution in [0.15, 0.2) is 5.57 Å². The first-order chi connectivity index (χ1) is 12.7. The quantitative estimate of drug-likeness (QED) is 0.888. The number of fused-ring (bicyclic) bond motifs is 1. The fourth-order valence-corrected chi connectivity index (χ4v) is 3.37. The van der Waals surface area contributed by atoms with Crippen molar-refractivity contribution in [2.75, 3.05) is 44.3 Å². The number of nitrogens with zero attached hydrogens (tertiary/aromatic N) is 5. The molecule has 2 aliphatic heterocycles. The molecule has 0 bridgehead atoms. The molecule has 2 aromatic rings. The fraction of sp³-hybridized carbons (Fsp3) is 0.632. The van der Waals surface area contributed by atoms with Gasteiger partial charge in [0.1, 0.15) is 11.6 Å². The maximum Gasteiger partial charge on any atom is 0.165 e. The molecule has 1 N–H and O–H groups in total. The standard InChI is InChI=1S/C17H24N6O.C2H6/c1-12-19-16-15(17(20-12)23-7-9-24-10-8-23)21-14(22(16)2)11-13-3-5-18-6-4-13;1-2/h11,18H,3-10H2,1-2H3;1-2H3. The van der Waals surface area contributed by atoms with Crippen LogP contribution in [0, 0.1) is 6.92 Å². The molecule has 0 atom stereocenters. The number of ether oxygens (including phenoxy) is 1. The van der Waals surface area contributed by atoms with Gasteiger partial charge in [0.25, 0.3) is 0 Å². The molecule has 0 aliphatic carbocycles. The van der Waals surface area contributed by atoms with Gasteiger partial charge in [-0.1, -0.05) is 19.4 Å². The number of anilines is 1. The largest absolute Gasteiger partial charge is 0.378 e. The fourth-order valence-electron chi connectivity index (χ4n) is 3.37. The lowest BCUT2D eigenvalue weighted by Gasteiger charge is -2.27. The van der Waals surface area contributed by atoms with E-state index in [-0.39, 0.29) is 0 Å². The molecule has 2 aromatic heterocycles. The van der Waals surface area contributed by atoms with E-state index < -0.39 is 0 Å². The van der Waals surface area contributed by atoms with Crippen molar-refractivity contribution in [3.8, 4) is 0 Å². The van der Waals surface area contributed by atoms with Gasteiger partial charge in [-0.15, -0.1) is 0 Å². The van der Waals surface area contributed by atoms with Crippen molar-refractivity contribution < 1.29 is 4.74 Å². The molecule has 0 saturated carbocycles. The zero-order chi connectivity index (χ0) is 18.5. The Morgan fingerprint density at radius 3 is 2.42 bits per heavy atom. The lowest BCUT2D eigenvalue weighted by atomic mass is 10.1. The summed E-state index contributed by atoms with van der Waals surface area (Å²) < 4.78 is 7.55. The Kier molecular flexibility index (Phi) is 6.21. The highest BCUT2D eigenvalue weighted by atomic mass is 16.5. The van der Waals surface area contributed by atoms with Gasteiger partial charge in [-0.3, -0.25) is 0 Å². The highest BCUT2D eigenvalue weighted by molar-refractivity contribution is 5.85. The topological polar surface area (TPSA) is 68.1 Å². The van der Waals surface area contributed by atoms with Crippen molar-refractivity contribution in [3.63, 3.8) is 0 Å². The van der Waals surface area contributed by atoms with Gasteiger partial charge in [0.05, 0.1) is 13.2 Å². The van der Waals surface area contributed by atoms with E-state index in [1.165, 1.54) is 5.57 Å². The molecule has 0 amide bonds. The minimum absolute atomic E-state index is 0.737. The summed E-state index contributed by atoms with van der Waals surface area (Å²) in [7, 11) is 2.04. The number of aromatic nitrogens is 4. The van der Waals surface area contributed by atoms with Crippen LogP contribution >= 0.6 is 0 Å². The average Bonchev–Trinajstić information content (AvgIpc) is 3.00. The van der Waals surface area contributed by atoms with Gasteiger partial charge in [-0.05, 0) is 38.9 Å². The first-order valence-corrected chi connectivity index (χ1v) is 9.66. The number of rotatable bonds is 2. The Bertz CT molecular complexity index is 768. The minimum Gasteiger partial charge on any atom is -0.378 e. The van der Waals surface area contributed by atoms with Crippen LogP contribution in [0.5, 0.6) is 0 Å². The van der Waals surface area contributed by atoms with Crippen LogP contribution in [0.1, 0.15) is 38.3 Å². The normalized spacial score (nSPS) is 17.8. The molecule has 0 unspecified atom stereocenters. The van der Waals surface area contributed by atoms with Crippen LogP contribution in [0.25, 0.3) is 17.2 Å². The third-order valence-electron chi connectivity index (χ3n) is 4.74. The number of nitrogens with one attached hydrogen (secondary N) is 1. The third kappa shape index (κ3) is 3.88. The Labute approximate surface area is 155 Å². The van der Waals surface area contributed by atoms with Crippen LogP contribution in [-0.2, 0) is 11.8 Å². The van der Waals surface area contributed by atoms with Crippen LogP contribution < -0.4 is 10.2 Å². The molecule has 2 aliphatic rings. The Morgan fingerprint density at radius 1 is 1.04 bits per heavy atom. The smallest absolute Gasteiger partial charge is 0.165 e. The van der Waals surface area contributed by atoms with Crippen molar-refractivity contribution in [2.45, 2.75) is 33.6 Å². The van der Waals surface area contributed by atoms with E-state index >= 15 is 0 Å². The van der Waals surface area contributed by atoms with Crippen molar-refractivity contribution in [3.05, 3.63) is 17.2 Å². The van der Waals surface area contributed by atoms with Crippen LogP contribution in [0.3, 0.4) is 0 Å². The van der Waals surface area contributed by atoms with E-state index in [2.05, 4.69) is 30.8 Å². The first-order valence-electron chi connectivity index (χ1n) is 9.66. The van der Waals surface area contributed by atoms with E-state index in [9.17, 15) is 0 Å². The van der Waals surface area contributed by atoms with Crippen molar-refractivity contribution in [1.29, 1.82) is 0 Å². The number of imidazole rings is 1. The van der Waals surface area contributed by atoms with Gasteiger partial charge in [0.2, 0.25) is 0 Å². The van der Waals surface area contributed by atoms with Gasteiger partial charge < -0.3 is 19.5 Å². The van der Waals surface area contributed by atoms with Gasteiger partial charge in [0.15, 0.2) is 17.0 Å². The minimum atomic E-state index is 0.737. The van der Waals surface area contributed by atoms with Crippen LogP contribution in [-0.4, -0.2) is 58.9 Å². The first kappa shape index (κ1) is 18.8. The van der Waals surface area contributed by atoms with E-state index in [1.807, 2.05) is 27.8 Å². The maximum absolute atomic E-state index is 5.47. The summed E-state index contributed by atoms with van der Waals surface area (Å²) in [5.74, 6) is 2.69. The molecule has 7 heteroatoms. The van der Waals surface area contributed by atoms with E-state index in [0.717, 1.165) is 80.9 Å². The second kappa shape index (κ2) is 8.60. The van der Waals surface area contributed by atoms with Crippen LogP contribution in [0.2, 0.25) is 0 Å². The maximum atomic E-state index is 5.47. The second-order valence-electron chi connectivity index (χ2n) is 6.45. The summed E-state index contributed by atoms with van der Waals surface area (Å²) in [4.78, 5) is 16.5. The summed E-state index contributed by atoms with van der Waals surface area (Å²) in [6.45, 7) is 11.2. The molecule has 2 saturated heterocycles. The van der Waals surface area contributed by atoms with Crippen molar-refractivity contribution in [2.24, 2.45) is 7.05 Å². The van der Waals surface area contributed by atoms with Gasteiger partial charge in [-0.25, -0.2) is 15.0 Å². The molecule has 4 rings (SSSR count). The molecule has 0 radical (unpaired) electrons. The molecule has 7 nitrogen and oxygen atoms in total. The average molecular weight is 358 g/mol. The van der Waals surface area contributed by atoms with E-state index in [1.54, 1.807) is 0 Å². The summed E-state index contributed by atoms with van der Waals surface area (Å²) in [6, 6.07) is 0. The number of morpholine rings is 1. The van der Waals surface area contributed by atoms with Crippen LogP contribution in [0.4, 0.5) is 5.82 Å². The Balaban J connectivity index is 0.000000948. The number of hydrogen-bond acceptors (Lipinski definition) is 6. The zero-order valence-corrected chi connectivity index (χ0v) is 16.4. The molecule has 26 heavy (non-hydrogen) atoms. The lowest BCUT2D eigenvalue weighted by molar-refractivity contribution is 0.122. The molecule has 4 heterocycles. The highest BCUT2D eigenvalue weighted by Crippen LogP contribution is 2.26. The molecular weight excluding hydrogens is 328 g/mol. The summed E-state index contributed by atoms with van der Waals surface area (Å²) in [5.41, 5.74) is 3.25. The van der Waals surface area contributed by atoms with Crippen molar-refractivity contribution in [1.82, 2.24) is 24.8 Å². The highest BCUT2D eigenvalue weighted by Gasteiger charge is 2.21. The predicted molar refractivity (Wildman–Crippen MR) is 106 cm³/mol. The Hall–Kier alpha value is -1.99. The lowest BCUT2D eigenvalue weighted by Crippen LogP contribution is -2.37. The summed E-state index contributed by atoms with van der Waals surface area (Å²) >= 11 is 0. The molecule has 142 valence electrons. The zero-order valence-electron chi connectivity index (χ0n) is 16.4. The monoisotopic (exact) mass is 358 g/mol. The number of hydrogen-bond donors (Lipinski definition) is 1. The van der Waals surface area contributed by atoms with Gasteiger partial charge >= 0.3 is 0 Å². The predicted octanol–water partition coefficient (Wildman–Crippen LogP) is 2.30. The molecular formula is C19H30N6O. The van der Waals surface area contributed by atoms with Gasteiger partial charge in [0, 0.05) is 20.1 Å². The van der Waals surface area contributed by atoms with E-state index in [4.69, 9.17) is 9.72 Å². The molecule has 0 spiro atoms. The number of piperidine rings is 1. The number of aryl methyl sites for hydroxylation is 2. The van der Waals surface area contributed by atoms with Crippen molar-refractivity contribution >= 4 is 23.1 Å².